The Morgan fingerprint density at radius 2 is 2.05 bits per heavy atom. The zero-order valence-electron chi connectivity index (χ0n) is 10.2. The maximum Gasteiger partial charge on any atom is 0.446 e. The molecular formula is C12H15ClF3NOS. The molecule has 108 valence electrons. The summed E-state index contributed by atoms with van der Waals surface area (Å²) in [6, 6.07) is 3.14. The minimum atomic E-state index is -4.35. The van der Waals surface area contributed by atoms with Crippen LogP contribution in [0.3, 0.4) is 0 Å². The summed E-state index contributed by atoms with van der Waals surface area (Å²) < 4.78 is 36.7. The topological polar surface area (TPSA) is 46.2 Å². The van der Waals surface area contributed by atoms with Crippen molar-refractivity contribution in [3.63, 3.8) is 0 Å². The summed E-state index contributed by atoms with van der Waals surface area (Å²) >= 11 is -0.229. The second-order valence-corrected chi connectivity index (χ2v) is 5.17. The number of phenols is 1. The molecule has 0 unspecified atom stereocenters. The normalized spacial score (nSPS) is 12.7. The van der Waals surface area contributed by atoms with Gasteiger partial charge < -0.3 is 10.8 Å². The molecule has 0 heterocycles. The molecule has 2 nitrogen and oxygen atoms in total. The molecule has 0 bridgehead atoms. The molecule has 0 aliphatic heterocycles. The number of hydrogen-bond acceptors (Lipinski definition) is 3. The number of aromatic hydroxyl groups is 1. The van der Waals surface area contributed by atoms with Gasteiger partial charge in [0.1, 0.15) is 5.75 Å². The van der Waals surface area contributed by atoms with Crippen LogP contribution in [0.25, 0.3) is 0 Å². The van der Waals surface area contributed by atoms with Crippen molar-refractivity contribution in [1.29, 1.82) is 0 Å². The van der Waals surface area contributed by atoms with Gasteiger partial charge in [-0.2, -0.15) is 13.2 Å². The van der Waals surface area contributed by atoms with Gasteiger partial charge in [-0.3, -0.25) is 0 Å². The highest BCUT2D eigenvalue weighted by Gasteiger charge is 2.29. The van der Waals surface area contributed by atoms with Gasteiger partial charge in [0, 0.05) is 16.5 Å². The average molecular weight is 314 g/mol. The molecule has 0 saturated heterocycles. The van der Waals surface area contributed by atoms with Crippen molar-refractivity contribution in [1.82, 2.24) is 0 Å². The molecule has 3 N–H and O–H groups in total. The fourth-order valence-electron chi connectivity index (χ4n) is 1.51. The van der Waals surface area contributed by atoms with E-state index in [1.54, 1.807) is 6.92 Å². The molecule has 0 radical (unpaired) electrons. The van der Waals surface area contributed by atoms with Crippen molar-refractivity contribution >= 4 is 24.2 Å². The molecule has 1 atom stereocenters. The van der Waals surface area contributed by atoms with Gasteiger partial charge in [0.15, 0.2) is 0 Å². The maximum atomic E-state index is 12.2. The minimum Gasteiger partial charge on any atom is -0.508 e. The summed E-state index contributed by atoms with van der Waals surface area (Å²) in [5, 5.41) is 9.62. The average Bonchev–Trinajstić information content (AvgIpc) is 2.17. The third kappa shape index (κ3) is 6.22. The van der Waals surface area contributed by atoms with Crippen molar-refractivity contribution in [3.8, 4) is 5.75 Å². The smallest absolute Gasteiger partial charge is 0.446 e. The lowest BCUT2D eigenvalue weighted by Crippen LogP contribution is -2.11. The van der Waals surface area contributed by atoms with E-state index in [1.807, 2.05) is 0 Å². The van der Waals surface area contributed by atoms with Crippen molar-refractivity contribution < 1.29 is 18.3 Å². The molecular weight excluding hydrogens is 299 g/mol. The van der Waals surface area contributed by atoms with Crippen molar-refractivity contribution in [3.05, 3.63) is 35.9 Å². The van der Waals surface area contributed by atoms with E-state index in [2.05, 4.69) is 6.58 Å². The van der Waals surface area contributed by atoms with Gasteiger partial charge in [0.25, 0.3) is 0 Å². The number of thioether (sulfide) groups is 1. The van der Waals surface area contributed by atoms with Crippen LogP contribution in [-0.2, 0) is 0 Å². The molecule has 1 aromatic carbocycles. The monoisotopic (exact) mass is 313 g/mol. The summed E-state index contributed by atoms with van der Waals surface area (Å²) in [6.45, 7) is 5.45. The van der Waals surface area contributed by atoms with E-state index >= 15 is 0 Å². The molecule has 0 spiro atoms. The third-order valence-corrected chi connectivity index (χ3v) is 2.92. The van der Waals surface area contributed by atoms with E-state index in [4.69, 9.17) is 5.73 Å². The highest BCUT2D eigenvalue weighted by Crippen LogP contribution is 2.39. The van der Waals surface area contributed by atoms with E-state index in [0.717, 1.165) is 5.57 Å². The van der Waals surface area contributed by atoms with Crippen LogP contribution in [0.5, 0.6) is 5.75 Å². The SMILES string of the molecule is C=C(C)C[C@H](N)c1cc(SC(F)(F)F)ccc1O.Cl. The number of alkyl halides is 3. The molecule has 7 heteroatoms. The predicted molar refractivity (Wildman–Crippen MR) is 73.6 cm³/mol. The maximum absolute atomic E-state index is 12.2. The molecule has 1 rings (SSSR count). The minimum absolute atomic E-state index is 0. The lowest BCUT2D eigenvalue weighted by atomic mass is 10.0. The summed E-state index contributed by atoms with van der Waals surface area (Å²) in [7, 11) is 0. The lowest BCUT2D eigenvalue weighted by molar-refractivity contribution is -0.0328. The lowest BCUT2D eigenvalue weighted by Gasteiger charge is -2.15. The van der Waals surface area contributed by atoms with Crippen LogP contribution >= 0.6 is 24.2 Å². The molecule has 1 aromatic rings. The first kappa shape index (κ1) is 18.1. The number of halogens is 4. The van der Waals surface area contributed by atoms with Crippen LogP contribution in [-0.4, -0.2) is 10.6 Å². The molecule has 0 amide bonds. The van der Waals surface area contributed by atoms with E-state index in [9.17, 15) is 18.3 Å². The first-order chi connectivity index (χ1) is 8.19. The van der Waals surface area contributed by atoms with E-state index < -0.39 is 11.6 Å². The number of nitrogens with two attached hydrogens (primary N) is 1. The Labute approximate surface area is 120 Å². The van der Waals surface area contributed by atoms with Crippen LogP contribution in [0.15, 0.2) is 35.2 Å². The van der Waals surface area contributed by atoms with Crippen molar-refractivity contribution in [2.45, 2.75) is 29.8 Å². The highest BCUT2D eigenvalue weighted by molar-refractivity contribution is 8.00. The largest absolute Gasteiger partial charge is 0.508 e. The van der Waals surface area contributed by atoms with Gasteiger partial charge in [-0.05, 0) is 43.3 Å². The van der Waals surface area contributed by atoms with Crippen LogP contribution in [0, 0.1) is 0 Å². The first-order valence-corrected chi connectivity index (χ1v) is 5.99. The van der Waals surface area contributed by atoms with Crippen molar-refractivity contribution in [2.75, 3.05) is 0 Å². The Bertz CT molecular complexity index is 451. The second kappa shape index (κ2) is 7.07. The second-order valence-electron chi connectivity index (χ2n) is 4.04. The van der Waals surface area contributed by atoms with Crippen LogP contribution in [0.2, 0.25) is 0 Å². The Balaban J connectivity index is 0.00000324. The number of rotatable bonds is 4. The van der Waals surface area contributed by atoms with Gasteiger partial charge in [-0.15, -0.1) is 19.0 Å². The zero-order chi connectivity index (χ0) is 13.9. The Morgan fingerprint density at radius 3 is 2.53 bits per heavy atom. The number of hydrogen-bond donors (Lipinski definition) is 2. The predicted octanol–water partition coefficient (Wildman–Crippen LogP) is 4.39. The Hall–Kier alpha value is -0.850. The Kier molecular flexibility index (Phi) is 6.76. The molecule has 0 aliphatic rings. The molecule has 0 saturated carbocycles. The summed E-state index contributed by atoms with van der Waals surface area (Å²) in [6.07, 6.45) is 0.410. The molecule has 0 aromatic heterocycles. The summed E-state index contributed by atoms with van der Waals surface area (Å²) in [4.78, 5) is 0.00691. The summed E-state index contributed by atoms with van der Waals surface area (Å²) in [5.74, 6) is -0.102. The fourth-order valence-corrected chi connectivity index (χ4v) is 2.10. The fraction of sp³-hybridized carbons (Fsp3) is 0.333. The first-order valence-electron chi connectivity index (χ1n) is 5.17. The van der Waals surface area contributed by atoms with Gasteiger partial charge >= 0.3 is 5.51 Å². The van der Waals surface area contributed by atoms with Crippen LogP contribution in [0.4, 0.5) is 13.2 Å². The van der Waals surface area contributed by atoms with Crippen LogP contribution < -0.4 is 5.73 Å². The standard InChI is InChI=1S/C12H14F3NOS.ClH/c1-7(2)5-10(16)9-6-8(3-4-11(9)17)18-12(13,14)15;/h3-4,6,10,17H,1,5,16H2,2H3;1H/t10-;/m0./s1. The quantitative estimate of drug-likeness (QED) is 0.640. The highest BCUT2D eigenvalue weighted by atomic mass is 35.5. The van der Waals surface area contributed by atoms with E-state index in [0.29, 0.717) is 12.0 Å². The third-order valence-electron chi connectivity index (χ3n) is 2.20. The van der Waals surface area contributed by atoms with Gasteiger partial charge in [0.05, 0.1) is 0 Å². The molecule has 0 aliphatic carbocycles. The number of benzene rings is 1. The van der Waals surface area contributed by atoms with E-state index in [-0.39, 0.29) is 34.8 Å². The zero-order valence-corrected chi connectivity index (χ0v) is 11.8. The number of phenolic OH excluding ortho intramolecular Hbond substituents is 1. The molecule has 0 fully saturated rings. The van der Waals surface area contributed by atoms with Gasteiger partial charge in [0.2, 0.25) is 0 Å². The van der Waals surface area contributed by atoms with Crippen LogP contribution in [0.1, 0.15) is 24.9 Å². The Morgan fingerprint density at radius 1 is 1.47 bits per heavy atom. The van der Waals surface area contributed by atoms with Gasteiger partial charge in [-0.1, -0.05) is 5.57 Å². The molecule has 19 heavy (non-hydrogen) atoms. The van der Waals surface area contributed by atoms with Crippen molar-refractivity contribution in [2.24, 2.45) is 5.73 Å². The summed E-state index contributed by atoms with van der Waals surface area (Å²) in [5.41, 5.74) is 2.56. The van der Waals surface area contributed by atoms with E-state index in [1.165, 1.54) is 18.2 Å². The van der Waals surface area contributed by atoms with Gasteiger partial charge in [-0.25, -0.2) is 0 Å².